The van der Waals surface area contributed by atoms with Crippen molar-refractivity contribution in [1.29, 1.82) is 0 Å². The predicted molar refractivity (Wildman–Crippen MR) is 103 cm³/mol. The molecule has 4 heterocycles. The first-order valence-electron chi connectivity index (χ1n) is 9.29. The van der Waals surface area contributed by atoms with Gasteiger partial charge in [-0.3, -0.25) is 9.78 Å². The van der Waals surface area contributed by atoms with Crippen LogP contribution in [0.15, 0.2) is 18.3 Å². The summed E-state index contributed by atoms with van der Waals surface area (Å²) in [5, 5.41) is 18.2. The minimum absolute atomic E-state index is 0.330. The van der Waals surface area contributed by atoms with Gasteiger partial charge in [0.2, 0.25) is 0 Å². The molecule has 0 aromatic carbocycles. The molecule has 9 nitrogen and oxygen atoms in total. The van der Waals surface area contributed by atoms with Gasteiger partial charge in [-0.05, 0) is 25.5 Å². The minimum atomic E-state index is -0.405. The lowest BCUT2D eigenvalue weighted by atomic mass is 9.96. The van der Waals surface area contributed by atoms with E-state index in [1.165, 1.54) is 4.68 Å². The van der Waals surface area contributed by atoms with Crippen LogP contribution >= 0.6 is 0 Å². The molecular weight excluding hydrogens is 358 g/mol. The summed E-state index contributed by atoms with van der Waals surface area (Å²) in [6, 6.07) is 3.42. The zero-order valence-corrected chi connectivity index (χ0v) is 16.4. The van der Waals surface area contributed by atoms with Crippen LogP contribution in [0.5, 0.6) is 0 Å². The first kappa shape index (κ1) is 18.4. The molecule has 0 bridgehead atoms. The Morgan fingerprint density at radius 3 is 2.71 bits per heavy atom. The molecule has 1 saturated heterocycles. The fourth-order valence-corrected chi connectivity index (χ4v) is 3.25. The zero-order valence-electron chi connectivity index (χ0n) is 16.4. The molecule has 3 aromatic rings. The number of aromatic nitrogens is 6. The number of fused-ring (bicyclic) bond motifs is 1. The summed E-state index contributed by atoms with van der Waals surface area (Å²) in [5.41, 5.74) is 1.55. The average Bonchev–Trinajstić information content (AvgIpc) is 3.26. The number of nitrogens with zero attached hydrogens (tertiary/aromatic N) is 7. The molecule has 0 saturated carbocycles. The zero-order chi connectivity index (χ0) is 20.1. The van der Waals surface area contributed by atoms with E-state index in [1.54, 1.807) is 25.3 Å². The van der Waals surface area contributed by atoms with E-state index in [1.807, 2.05) is 25.7 Å². The van der Waals surface area contributed by atoms with Crippen LogP contribution in [0, 0.1) is 6.92 Å². The van der Waals surface area contributed by atoms with Crippen molar-refractivity contribution >= 4 is 22.9 Å². The molecular formula is C19H23N7O2. The highest BCUT2D eigenvalue weighted by molar-refractivity contribution is 6.01. The van der Waals surface area contributed by atoms with Gasteiger partial charge in [0.05, 0.1) is 17.4 Å². The second-order valence-corrected chi connectivity index (χ2v) is 8.12. The van der Waals surface area contributed by atoms with Gasteiger partial charge in [-0.15, -0.1) is 5.10 Å². The molecule has 1 fully saturated rings. The molecule has 4 rings (SSSR count). The molecule has 0 amide bonds. The van der Waals surface area contributed by atoms with Crippen LogP contribution in [-0.4, -0.2) is 60.2 Å². The average molecular weight is 381 g/mol. The lowest BCUT2D eigenvalue weighted by Gasteiger charge is -2.21. The van der Waals surface area contributed by atoms with Crippen LogP contribution in [0.4, 0.5) is 5.82 Å². The molecule has 0 unspecified atom stereocenters. The first-order valence-corrected chi connectivity index (χ1v) is 9.29. The molecule has 1 aliphatic heterocycles. The van der Waals surface area contributed by atoms with Gasteiger partial charge in [0.1, 0.15) is 5.82 Å². The third kappa shape index (κ3) is 3.11. The second kappa shape index (κ2) is 6.59. The highest BCUT2D eigenvalue weighted by atomic mass is 16.3. The quantitative estimate of drug-likeness (QED) is 0.711. The van der Waals surface area contributed by atoms with Crippen molar-refractivity contribution in [2.75, 3.05) is 18.0 Å². The second-order valence-electron chi connectivity index (χ2n) is 8.12. The number of aryl methyl sites for hydroxylation is 1. The Hall–Kier alpha value is -2.94. The van der Waals surface area contributed by atoms with Gasteiger partial charge in [0.25, 0.3) is 5.91 Å². The van der Waals surface area contributed by atoms with Gasteiger partial charge >= 0.3 is 0 Å². The van der Waals surface area contributed by atoms with E-state index in [-0.39, 0.29) is 11.3 Å². The van der Waals surface area contributed by atoms with Gasteiger partial charge in [-0.1, -0.05) is 26.0 Å². The van der Waals surface area contributed by atoms with Crippen LogP contribution in [0.2, 0.25) is 0 Å². The van der Waals surface area contributed by atoms with E-state index in [9.17, 15) is 9.90 Å². The van der Waals surface area contributed by atoms with Crippen LogP contribution < -0.4 is 4.90 Å². The van der Waals surface area contributed by atoms with Crippen LogP contribution in [0.1, 0.15) is 49.1 Å². The Kier molecular flexibility index (Phi) is 4.34. The third-order valence-electron chi connectivity index (χ3n) is 4.85. The monoisotopic (exact) mass is 381 g/mol. The summed E-state index contributed by atoms with van der Waals surface area (Å²) in [4.78, 5) is 28.6. The van der Waals surface area contributed by atoms with Gasteiger partial charge in [0.15, 0.2) is 17.0 Å². The first-order chi connectivity index (χ1) is 13.3. The van der Waals surface area contributed by atoms with Crippen molar-refractivity contribution in [2.24, 2.45) is 0 Å². The fraction of sp³-hybridized carbons (Fsp3) is 0.474. The number of hydrogen-bond donors (Lipinski definition) is 1. The van der Waals surface area contributed by atoms with Crippen LogP contribution in [0.25, 0.3) is 11.2 Å². The maximum atomic E-state index is 13.1. The normalized spacial score (nSPS) is 17.5. The fourth-order valence-electron chi connectivity index (χ4n) is 3.25. The number of rotatable bonds is 2. The Bertz CT molecular complexity index is 1050. The predicted octanol–water partition coefficient (Wildman–Crippen LogP) is 1.48. The maximum absolute atomic E-state index is 13.1. The maximum Gasteiger partial charge on any atom is 0.283 e. The number of carbonyl (C=O) groups is 1. The number of hydrogen-bond acceptors (Lipinski definition) is 8. The number of aliphatic hydroxyl groups is 1. The molecule has 9 heteroatoms. The summed E-state index contributed by atoms with van der Waals surface area (Å²) >= 11 is 0. The van der Waals surface area contributed by atoms with Crippen molar-refractivity contribution in [1.82, 2.24) is 29.9 Å². The summed E-state index contributed by atoms with van der Waals surface area (Å²) < 4.78 is 1.21. The van der Waals surface area contributed by atoms with Crippen molar-refractivity contribution in [3.05, 3.63) is 35.4 Å². The number of anilines is 1. The minimum Gasteiger partial charge on any atom is -0.391 e. The van der Waals surface area contributed by atoms with E-state index in [0.717, 1.165) is 0 Å². The number of carbonyl (C=O) groups excluding carboxylic acids is 1. The van der Waals surface area contributed by atoms with Crippen molar-refractivity contribution in [3.8, 4) is 0 Å². The third-order valence-corrected chi connectivity index (χ3v) is 4.85. The Labute approximate surface area is 162 Å². The molecule has 1 aliphatic rings. The SMILES string of the molecule is Cc1ncccc1C(=O)n1nnc2c(N3CC[C@H](O)C3)nc(C(C)(C)C)nc21. The van der Waals surface area contributed by atoms with Crippen molar-refractivity contribution in [3.63, 3.8) is 0 Å². The highest BCUT2D eigenvalue weighted by Crippen LogP contribution is 2.29. The summed E-state index contributed by atoms with van der Waals surface area (Å²) in [6.07, 6.45) is 1.90. The molecule has 28 heavy (non-hydrogen) atoms. The molecule has 3 aromatic heterocycles. The van der Waals surface area contributed by atoms with Gasteiger partial charge in [-0.2, -0.15) is 4.68 Å². The Morgan fingerprint density at radius 1 is 1.29 bits per heavy atom. The molecule has 0 radical (unpaired) electrons. The lowest BCUT2D eigenvalue weighted by Crippen LogP contribution is -2.26. The standard InChI is InChI=1S/C19H23N7O2/c1-11-13(6-5-8-20-11)17(28)26-16-14(23-24-26)15(25-9-7-12(27)10-25)21-18(22-16)19(2,3)4/h5-6,8,12,27H,7,9-10H2,1-4H3/t12-/m0/s1. The van der Waals surface area contributed by atoms with E-state index in [4.69, 9.17) is 4.98 Å². The topological polar surface area (TPSA) is 110 Å². The Balaban J connectivity index is 1.90. The molecule has 1 N–H and O–H groups in total. The number of β-amino-alcohol motifs (C(OH)–C–C–N with tert-alkyl or cyclic N) is 1. The molecule has 0 spiro atoms. The highest BCUT2D eigenvalue weighted by Gasteiger charge is 2.30. The molecule has 146 valence electrons. The Morgan fingerprint density at radius 2 is 2.07 bits per heavy atom. The van der Waals surface area contributed by atoms with Crippen LogP contribution in [0.3, 0.4) is 0 Å². The smallest absolute Gasteiger partial charge is 0.283 e. The van der Waals surface area contributed by atoms with E-state index < -0.39 is 6.10 Å². The van der Waals surface area contributed by atoms with E-state index in [0.29, 0.717) is 53.6 Å². The summed E-state index contributed by atoms with van der Waals surface area (Å²) in [6.45, 7) is 8.95. The van der Waals surface area contributed by atoms with Crippen molar-refractivity contribution < 1.29 is 9.90 Å². The summed E-state index contributed by atoms with van der Waals surface area (Å²) in [7, 11) is 0. The van der Waals surface area contributed by atoms with E-state index in [2.05, 4.69) is 20.3 Å². The summed E-state index contributed by atoms with van der Waals surface area (Å²) in [5.74, 6) is 0.864. The van der Waals surface area contributed by atoms with Gasteiger partial charge in [0, 0.05) is 24.7 Å². The number of pyridine rings is 1. The van der Waals surface area contributed by atoms with Gasteiger partial charge < -0.3 is 10.0 Å². The number of aliphatic hydroxyl groups excluding tert-OH is 1. The van der Waals surface area contributed by atoms with Crippen LogP contribution in [-0.2, 0) is 5.41 Å². The lowest BCUT2D eigenvalue weighted by molar-refractivity contribution is 0.0946. The van der Waals surface area contributed by atoms with Gasteiger partial charge in [-0.25, -0.2) is 9.97 Å². The molecule has 1 atom stereocenters. The van der Waals surface area contributed by atoms with Crippen molar-refractivity contribution in [2.45, 2.75) is 45.6 Å². The molecule has 0 aliphatic carbocycles. The van der Waals surface area contributed by atoms with E-state index >= 15 is 0 Å². The largest absolute Gasteiger partial charge is 0.391 e.